The van der Waals surface area contributed by atoms with Crippen LogP contribution < -0.4 is 4.90 Å². The summed E-state index contributed by atoms with van der Waals surface area (Å²) in [4.78, 5) is 25.3. The number of ketones is 1. The Morgan fingerprint density at radius 3 is 2.62 bits per heavy atom. The zero-order valence-electron chi connectivity index (χ0n) is 12.1. The highest BCUT2D eigenvalue weighted by Gasteiger charge is 2.20. The van der Waals surface area contributed by atoms with Crippen LogP contribution in [-0.2, 0) is 0 Å². The first-order valence-electron chi connectivity index (χ1n) is 6.47. The van der Waals surface area contributed by atoms with Gasteiger partial charge in [0.2, 0.25) is 0 Å². The molecule has 1 unspecified atom stereocenters. The van der Waals surface area contributed by atoms with Crippen molar-refractivity contribution in [3.05, 3.63) is 56.3 Å². The second-order valence-corrected chi connectivity index (χ2v) is 5.80. The number of rotatable bonds is 5. The first-order valence-corrected chi connectivity index (χ1v) is 7.35. The van der Waals surface area contributed by atoms with Crippen molar-refractivity contribution >= 4 is 28.5 Å². The van der Waals surface area contributed by atoms with E-state index in [0.717, 1.165) is 0 Å². The molecule has 0 radical (unpaired) electrons. The van der Waals surface area contributed by atoms with Crippen molar-refractivity contribution in [3.8, 4) is 0 Å². The van der Waals surface area contributed by atoms with E-state index in [2.05, 4.69) is 0 Å². The van der Waals surface area contributed by atoms with Gasteiger partial charge >= 0.3 is 0 Å². The van der Waals surface area contributed by atoms with E-state index < -0.39 is 4.92 Å². The summed E-state index contributed by atoms with van der Waals surface area (Å²) < 4.78 is 0. The van der Waals surface area contributed by atoms with E-state index in [1.807, 2.05) is 36.4 Å². The van der Waals surface area contributed by atoms with Crippen LogP contribution in [-0.4, -0.2) is 17.8 Å². The lowest BCUT2D eigenvalue weighted by molar-refractivity contribution is -0.384. The number of carbonyl (C=O) groups is 1. The number of nitrogens with zero attached hydrogens (tertiary/aromatic N) is 2. The van der Waals surface area contributed by atoms with Crippen molar-refractivity contribution in [2.24, 2.45) is 0 Å². The van der Waals surface area contributed by atoms with Gasteiger partial charge in [0.25, 0.3) is 5.69 Å². The molecule has 0 bridgehead atoms. The molecule has 0 amide bonds. The number of nitro benzene ring substituents is 1. The maximum absolute atomic E-state index is 11.8. The van der Waals surface area contributed by atoms with Crippen LogP contribution in [0.4, 0.5) is 11.4 Å². The fourth-order valence-electron chi connectivity index (χ4n) is 2.16. The van der Waals surface area contributed by atoms with Crippen LogP contribution >= 0.6 is 11.3 Å². The summed E-state index contributed by atoms with van der Waals surface area (Å²) in [6.45, 7) is 3.46. The Hall–Kier alpha value is -2.21. The van der Waals surface area contributed by atoms with E-state index >= 15 is 0 Å². The van der Waals surface area contributed by atoms with Crippen LogP contribution in [0.15, 0.2) is 35.7 Å². The largest absolute Gasteiger partial charge is 0.366 e. The lowest BCUT2D eigenvalue weighted by Gasteiger charge is -2.27. The standard InChI is InChI=1S/C15H16N2O3S/c1-10(15-5-4-8-21-15)16(3)14-7-6-12(17(19)20)9-13(14)11(2)18/h4-10H,1-3H3. The third kappa shape index (κ3) is 3.11. The third-order valence-electron chi connectivity index (χ3n) is 3.49. The van der Waals surface area contributed by atoms with Gasteiger partial charge in [0.1, 0.15) is 0 Å². The van der Waals surface area contributed by atoms with Gasteiger partial charge in [0.05, 0.1) is 11.0 Å². The minimum Gasteiger partial charge on any atom is -0.366 e. The number of benzene rings is 1. The van der Waals surface area contributed by atoms with Crippen molar-refractivity contribution in [2.75, 3.05) is 11.9 Å². The van der Waals surface area contributed by atoms with Crippen molar-refractivity contribution in [1.82, 2.24) is 0 Å². The van der Waals surface area contributed by atoms with Crippen LogP contribution in [0.5, 0.6) is 0 Å². The molecule has 0 spiro atoms. The summed E-state index contributed by atoms with van der Waals surface area (Å²) in [5.74, 6) is -0.182. The molecule has 21 heavy (non-hydrogen) atoms. The van der Waals surface area contributed by atoms with E-state index in [1.54, 1.807) is 17.4 Å². The van der Waals surface area contributed by atoms with E-state index in [4.69, 9.17) is 0 Å². The van der Waals surface area contributed by atoms with Crippen molar-refractivity contribution in [2.45, 2.75) is 19.9 Å². The number of Topliss-reactive ketones (excluding diaryl/α,β-unsaturated/α-hetero) is 1. The monoisotopic (exact) mass is 304 g/mol. The van der Waals surface area contributed by atoms with Gasteiger partial charge < -0.3 is 4.90 Å². The van der Waals surface area contributed by atoms with Crippen LogP contribution in [0.2, 0.25) is 0 Å². The van der Waals surface area contributed by atoms with Gasteiger partial charge in [-0.25, -0.2) is 0 Å². The average Bonchev–Trinajstić information content (AvgIpc) is 2.99. The summed E-state index contributed by atoms with van der Waals surface area (Å²) in [6, 6.07) is 8.51. The summed E-state index contributed by atoms with van der Waals surface area (Å²) in [5, 5.41) is 12.9. The van der Waals surface area contributed by atoms with Crippen molar-refractivity contribution in [1.29, 1.82) is 0 Å². The van der Waals surface area contributed by atoms with E-state index in [1.165, 1.54) is 23.9 Å². The Morgan fingerprint density at radius 1 is 1.38 bits per heavy atom. The second-order valence-electron chi connectivity index (χ2n) is 4.82. The number of nitro groups is 1. The molecule has 2 rings (SSSR count). The molecule has 6 heteroatoms. The Bertz CT molecular complexity index is 668. The summed E-state index contributed by atoms with van der Waals surface area (Å²) in [5.41, 5.74) is 1.00. The fourth-order valence-corrected chi connectivity index (χ4v) is 2.98. The highest BCUT2D eigenvalue weighted by atomic mass is 32.1. The number of anilines is 1. The predicted octanol–water partition coefficient (Wildman–Crippen LogP) is 4.06. The third-order valence-corrected chi connectivity index (χ3v) is 4.53. The molecule has 1 heterocycles. The molecule has 1 aromatic carbocycles. The molecule has 0 N–H and O–H groups in total. The average molecular weight is 304 g/mol. The molecule has 1 atom stereocenters. The maximum atomic E-state index is 11.8. The van der Waals surface area contributed by atoms with Gasteiger partial charge in [-0.15, -0.1) is 11.3 Å². The minimum atomic E-state index is -0.487. The van der Waals surface area contributed by atoms with Gasteiger partial charge in [-0.2, -0.15) is 0 Å². The van der Waals surface area contributed by atoms with Crippen LogP contribution in [0.1, 0.15) is 35.1 Å². The molecule has 1 aromatic heterocycles. The van der Waals surface area contributed by atoms with E-state index in [-0.39, 0.29) is 17.5 Å². The molecular formula is C15H16N2O3S. The van der Waals surface area contributed by atoms with Crippen molar-refractivity contribution < 1.29 is 9.72 Å². The lowest BCUT2D eigenvalue weighted by atomic mass is 10.1. The molecule has 5 nitrogen and oxygen atoms in total. The van der Waals surface area contributed by atoms with E-state index in [0.29, 0.717) is 11.3 Å². The fraction of sp³-hybridized carbons (Fsp3) is 0.267. The van der Waals surface area contributed by atoms with Gasteiger partial charge in [0.15, 0.2) is 5.78 Å². The molecular weight excluding hydrogens is 288 g/mol. The maximum Gasteiger partial charge on any atom is 0.270 e. The molecule has 2 aromatic rings. The number of hydrogen-bond donors (Lipinski definition) is 0. The zero-order valence-corrected chi connectivity index (χ0v) is 12.9. The molecule has 0 aliphatic rings. The lowest BCUT2D eigenvalue weighted by Crippen LogP contribution is -2.22. The molecule has 110 valence electrons. The number of carbonyl (C=O) groups excluding carboxylic acids is 1. The molecule has 0 aliphatic heterocycles. The highest BCUT2D eigenvalue weighted by Crippen LogP contribution is 2.32. The normalized spacial score (nSPS) is 12.0. The number of non-ortho nitro benzene ring substituents is 1. The van der Waals surface area contributed by atoms with Crippen LogP contribution in [0.3, 0.4) is 0 Å². The Balaban J connectivity index is 2.43. The molecule has 0 aliphatic carbocycles. The first-order chi connectivity index (χ1) is 9.91. The van der Waals surface area contributed by atoms with Crippen LogP contribution in [0.25, 0.3) is 0 Å². The topological polar surface area (TPSA) is 63.4 Å². The molecule has 0 saturated heterocycles. The number of hydrogen-bond acceptors (Lipinski definition) is 5. The summed E-state index contributed by atoms with van der Waals surface area (Å²) in [6.07, 6.45) is 0. The number of thiophene rings is 1. The van der Waals surface area contributed by atoms with Gasteiger partial charge in [-0.05, 0) is 31.4 Å². The SMILES string of the molecule is CC(=O)c1cc([N+](=O)[O-])ccc1N(C)C(C)c1cccs1. The highest BCUT2D eigenvalue weighted by molar-refractivity contribution is 7.10. The minimum absolute atomic E-state index is 0.0684. The van der Waals surface area contributed by atoms with E-state index in [9.17, 15) is 14.9 Å². The van der Waals surface area contributed by atoms with Gasteiger partial charge in [-0.1, -0.05) is 6.07 Å². The van der Waals surface area contributed by atoms with Gasteiger partial charge in [0, 0.05) is 35.3 Å². The smallest absolute Gasteiger partial charge is 0.270 e. The predicted molar refractivity (Wildman–Crippen MR) is 84.2 cm³/mol. The summed E-state index contributed by atoms with van der Waals surface area (Å²) >= 11 is 1.64. The van der Waals surface area contributed by atoms with Gasteiger partial charge in [-0.3, -0.25) is 14.9 Å². The Labute approximate surface area is 127 Å². The zero-order chi connectivity index (χ0) is 15.6. The van der Waals surface area contributed by atoms with Crippen LogP contribution in [0, 0.1) is 10.1 Å². The first kappa shape index (κ1) is 15.2. The molecule has 0 fully saturated rings. The second kappa shape index (κ2) is 6.05. The molecule has 0 saturated carbocycles. The summed E-state index contributed by atoms with van der Waals surface area (Å²) in [7, 11) is 1.89. The Morgan fingerprint density at radius 2 is 2.10 bits per heavy atom. The van der Waals surface area contributed by atoms with Crippen molar-refractivity contribution in [3.63, 3.8) is 0 Å². The Kier molecular flexibility index (Phi) is 4.37. The quantitative estimate of drug-likeness (QED) is 0.475.